The van der Waals surface area contributed by atoms with Crippen LogP contribution in [0.2, 0.25) is 0 Å². The van der Waals surface area contributed by atoms with Crippen LogP contribution in [0, 0.1) is 17.3 Å². The standard InChI is InChI=1S/C20H37N3O/c1-21-9-5-20(6-10-21)15-23(16-20)13-17-3-7-22(8-4-17)14-18-11-19(12-18)24-2/h17-19H,3-16H2,1-2H3. The Labute approximate surface area is 148 Å². The van der Waals surface area contributed by atoms with Crippen molar-refractivity contribution in [2.75, 3.05) is 66.5 Å². The van der Waals surface area contributed by atoms with E-state index in [4.69, 9.17) is 4.74 Å². The average molecular weight is 336 g/mol. The minimum Gasteiger partial charge on any atom is -0.381 e. The SMILES string of the molecule is COC1CC(CN2CCC(CN3CC4(CCN(C)CC4)C3)CC2)C1. The van der Waals surface area contributed by atoms with Crippen LogP contribution in [0.25, 0.3) is 0 Å². The maximum absolute atomic E-state index is 5.41. The van der Waals surface area contributed by atoms with Crippen molar-refractivity contribution < 1.29 is 4.74 Å². The van der Waals surface area contributed by atoms with Crippen molar-refractivity contribution in [2.45, 2.75) is 44.6 Å². The van der Waals surface area contributed by atoms with Gasteiger partial charge in [0.1, 0.15) is 0 Å². The summed E-state index contributed by atoms with van der Waals surface area (Å²) >= 11 is 0. The molecule has 0 aromatic rings. The molecule has 0 N–H and O–H groups in total. The van der Waals surface area contributed by atoms with Crippen LogP contribution in [0.15, 0.2) is 0 Å². The Bertz CT molecular complexity index is 399. The molecule has 0 atom stereocenters. The second-order valence-electron chi connectivity index (χ2n) is 9.41. The van der Waals surface area contributed by atoms with Gasteiger partial charge in [-0.3, -0.25) is 0 Å². The van der Waals surface area contributed by atoms with Gasteiger partial charge in [-0.25, -0.2) is 0 Å². The van der Waals surface area contributed by atoms with E-state index >= 15 is 0 Å². The molecule has 3 heterocycles. The second-order valence-corrected chi connectivity index (χ2v) is 9.41. The highest BCUT2D eigenvalue weighted by Crippen LogP contribution is 2.41. The molecule has 4 nitrogen and oxygen atoms in total. The third-order valence-corrected chi connectivity index (χ3v) is 7.43. The smallest absolute Gasteiger partial charge is 0.0577 e. The van der Waals surface area contributed by atoms with Crippen molar-refractivity contribution in [3.8, 4) is 0 Å². The maximum Gasteiger partial charge on any atom is 0.0577 e. The molecule has 0 radical (unpaired) electrons. The fourth-order valence-corrected chi connectivity index (χ4v) is 5.54. The molecule has 0 amide bonds. The number of likely N-dealkylation sites (tertiary alicyclic amines) is 3. The summed E-state index contributed by atoms with van der Waals surface area (Å²) in [6, 6.07) is 0. The number of rotatable bonds is 5. The summed E-state index contributed by atoms with van der Waals surface area (Å²) in [5, 5.41) is 0. The molecule has 1 spiro atoms. The van der Waals surface area contributed by atoms with E-state index in [1.165, 1.54) is 90.9 Å². The van der Waals surface area contributed by atoms with Gasteiger partial charge < -0.3 is 19.4 Å². The van der Waals surface area contributed by atoms with E-state index in [1.54, 1.807) is 0 Å². The van der Waals surface area contributed by atoms with Gasteiger partial charge in [-0.05, 0) is 89.0 Å². The Morgan fingerprint density at radius 2 is 1.50 bits per heavy atom. The highest BCUT2D eigenvalue weighted by Gasteiger charge is 2.44. The number of methoxy groups -OCH3 is 1. The van der Waals surface area contributed by atoms with Crippen LogP contribution < -0.4 is 0 Å². The van der Waals surface area contributed by atoms with Crippen molar-refractivity contribution in [3.05, 3.63) is 0 Å². The molecule has 24 heavy (non-hydrogen) atoms. The Balaban J connectivity index is 1.11. The summed E-state index contributed by atoms with van der Waals surface area (Å²) in [4.78, 5) is 7.99. The number of piperidine rings is 2. The average Bonchev–Trinajstić information content (AvgIpc) is 2.52. The molecule has 4 fully saturated rings. The summed E-state index contributed by atoms with van der Waals surface area (Å²) in [6.07, 6.45) is 8.86. The van der Waals surface area contributed by atoms with Crippen LogP contribution in [-0.4, -0.2) is 87.3 Å². The zero-order valence-corrected chi connectivity index (χ0v) is 15.9. The topological polar surface area (TPSA) is 19.0 Å². The first-order valence-corrected chi connectivity index (χ1v) is 10.3. The zero-order valence-electron chi connectivity index (χ0n) is 15.9. The van der Waals surface area contributed by atoms with Gasteiger partial charge in [0.05, 0.1) is 6.10 Å². The molecule has 0 unspecified atom stereocenters. The number of ether oxygens (including phenoxy) is 1. The lowest BCUT2D eigenvalue weighted by molar-refractivity contribution is -0.0548. The second kappa shape index (κ2) is 7.22. The van der Waals surface area contributed by atoms with E-state index in [9.17, 15) is 0 Å². The predicted octanol–water partition coefficient (Wildman–Crippen LogP) is 2.15. The van der Waals surface area contributed by atoms with Crippen molar-refractivity contribution in [2.24, 2.45) is 17.3 Å². The molecular formula is C20H37N3O. The molecule has 4 rings (SSSR count). The van der Waals surface area contributed by atoms with Crippen molar-refractivity contribution >= 4 is 0 Å². The lowest BCUT2D eigenvalue weighted by Gasteiger charge is -2.55. The van der Waals surface area contributed by atoms with Gasteiger partial charge in [-0.15, -0.1) is 0 Å². The van der Waals surface area contributed by atoms with Crippen LogP contribution in [-0.2, 0) is 4.74 Å². The summed E-state index contributed by atoms with van der Waals surface area (Å²) in [7, 11) is 4.13. The highest BCUT2D eigenvalue weighted by molar-refractivity contribution is 4.98. The van der Waals surface area contributed by atoms with Crippen molar-refractivity contribution in [3.63, 3.8) is 0 Å². The molecule has 0 aromatic carbocycles. The molecule has 0 aromatic heterocycles. The van der Waals surface area contributed by atoms with Crippen molar-refractivity contribution in [1.29, 1.82) is 0 Å². The highest BCUT2D eigenvalue weighted by atomic mass is 16.5. The van der Waals surface area contributed by atoms with Gasteiger partial charge in [-0.1, -0.05) is 0 Å². The largest absolute Gasteiger partial charge is 0.381 e. The van der Waals surface area contributed by atoms with Gasteiger partial charge >= 0.3 is 0 Å². The molecule has 1 aliphatic carbocycles. The molecule has 0 bridgehead atoms. The quantitative estimate of drug-likeness (QED) is 0.766. The number of nitrogens with zero attached hydrogens (tertiary/aromatic N) is 3. The first kappa shape index (κ1) is 17.3. The van der Waals surface area contributed by atoms with Crippen LogP contribution in [0.5, 0.6) is 0 Å². The number of hydrogen-bond acceptors (Lipinski definition) is 4. The van der Waals surface area contributed by atoms with Gasteiger partial charge in [0.25, 0.3) is 0 Å². The molecule has 4 aliphatic rings. The Kier molecular flexibility index (Phi) is 5.19. The van der Waals surface area contributed by atoms with E-state index in [0.717, 1.165) is 11.8 Å². The first-order valence-electron chi connectivity index (χ1n) is 10.3. The van der Waals surface area contributed by atoms with E-state index in [-0.39, 0.29) is 0 Å². The van der Waals surface area contributed by atoms with E-state index in [0.29, 0.717) is 11.5 Å². The fraction of sp³-hybridized carbons (Fsp3) is 1.00. The molecule has 138 valence electrons. The van der Waals surface area contributed by atoms with Crippen LogP contribution in [0.4, 0.5) is 0 Å². The third-order valence-electron chi connectivity index (χ3n) is 7.43. The molecule has 1 saturated carbocycles. The first-order chi connectivity index (χ1) is 11.6. The Morgan fingerprint density at radius 3 is 2.12 bits per heavy atom. The minimum absolute atomic E-state index is 0.561. The van der Waals surface area contributed by atoms with Gasteiger partial charge in [-0.2, -0.15) is 0 Å². The third kappa shape index (κ3) is 3.82. The lowest BCUT2D eigenvalue weighted by Crippen LogP contribution is -2.61. The van der Waals surface area contributed by atoms with Crippen molar-refractivity contribution in [1.82, 2.24) is 14.7 Å². The molecule has 3 aliphatic heterocycles. The normalized spacial score (nSPS) is 35.8. The summed E-state index contributed by atoms with van der Waals surface area (Å²) < 4.78 is 5.41. The summed E-state index contributed by atoms with van der Waals surface area (Å²) in [6.45, 7) is 10.8. The monoisotopic (exact) mass is 335 g/mol. The zero-order chi connectivity index (χ0) is 16.6. The van der Waals surface area contributed by atoms with E-state index in [2.05, 4.69) is 21.7 Å². The van der Waals surface area contributed by atoms with Gasteiger partial charge in [0, 0.05) is 33.3 Å². The number of hydrogen-bond donors (Lipinski definition) is 0. The molecule has 4 heteroatoms. The van der Waals surface area contributed by atoms with Crippen LogP contribution in [0.3, 0.4) is 0 Å². The fourth-order valence-electron chi connectivity index (χ4n) is 5.54. The lowest BCUT2D eigenvalue weighted by atomic mass is 9.71. The van der Waals surface area contributed by atoms with Gasteiger partial charge in [0.15, 0.2) is 0 Å². The predicted molar refractivity (Wildman–Crippen MR) is 98.3 cm³/mol. The summed E-state index contributed by atoms with van der Waals surface area (Å²) in [5.74, 6) is 1.86. The minimum atomic E-state index is 0.561. The Hall–Kier alpha value is -0.160. The molecule has 3 saturated heterocycles. The van der Waals surface area contributed by atoms with Crippen LogP contribution >= 0.6 is 0 Å². The summed E-state index contributed by atoms with van der Waals surface area (Å²) in [5.41, 5.74) is 0.704. The van der Waals surface area contributed by atoms with E-state index < -0.39 is 0 Å². The van der Waals surface area contributed by atoms with Gasteiger partial charge in [0.2, 0.25) is 0 Å². The maximum atomic E-state index is 5.41. The van der Waals surface area contributed by atoms with E-state index in [1.807, 2.05) is 7.11 Å². The Morgan fingerprint density at radius 1 is 0.875 bits per heavy atom. The molecular weight excluding hydrogens is 298 g/mol. The van der Waals surface area contributed by atoms with Crippen LogP contribution in [0.1, 0.15) is 38.5 Å².